The molecule has 0 saturated heterocycles. The van der Waals surface area contributed by atoms with Crippen LogP contribution in [0.4, 0.5) is 4.39 Å². The van der Waals surface area contributed by atoms with Crippen molar-refractivity contribution in [3.63, 3.8) is 0 Å². The molecule has 0 aliphatic rings. The average molecular weight is 303 g/mol. The smallest absolute Gasteiger partial charge is 0.184 e. The van der Waals surface area contributed by atoms with E-state index in [-0.39, 0.29) is 17.5 Å². The summed E-state index contributed by atoms with van der Waals surface area (Å²) in [7, 11) is 0. The van der Waals surface area contributed by atoms with Crippen LogP contribution in [-0.4, -0.2) is 11.3 Å². The Labute approximate surface area is 127 Å². The summed E-state index contributed by atoms with van der Waals surface area (Å²) in [6.45, 7) is 0.165. The molecule has 3 N–H and O–H groups in total. The van der Waals surface area contributed by atoms with Gasteiger partial charge in [-0.25, -0.2) is 4.39 Å². The summed E-state index contributed by atoms with van der Waals surface area (Å²) in [6, 6.07) is 13.7. The monoisotopic (exact) mass is 303 g/mol. The molecule has 0 unspecified atom stereocenters. The lowest BCUT2D eigenvalue weighted by molar-refractivity contribution is 0.300. The molecule has 21 heavy (non-hydrogen) atoms. The van der Waals surface area contributed by atoms with Gasteiger partial charge in [-0.1, -0.05) is 30.3 Å². The zero-order valence-corrected chi connectivity index (χ0v) is 11.9. The van der Waals surface area contributed by atoms with E-state index in [4.69, 9.17) is 10.5 Å². The van der Waals surface area contributed by atoms with Gasteiger partial charge in [-0.05, 0) is 36.0 Å². The van der Waals surface area contributed by atoms with Gasteiger partial charge >= 0.3 is 0 Å². The molecular formula is C15H14FN3OS. The maximum Gasteiger partial charge on any atom is 0.184 e. The first-order valence-electron chi connectivity index (χ1n) is 6.20. The summed E-state index contributed by atoms with van der Waals surface area (Å²) in [4.78, 5) is 0. The standard InChI is InChI=1S/C15H14FN3OS/c16-14-7-2-1-5-12(14)10-20-13-6-3-4-11(8-13)9-18-19-15(17)21/h1-9H,10H2,(H3,17,19,21)/b18-9+. The Morgan fingerprint density at radius 1 is 1.29 bits per heavy atom. The van der Waals surface area contributed by atoms with Crippen molar-refractivity contribution in [3.05, 3.63) is 65.5 Å². The largest absolute Gasteiger partial charge is 0.489 e. The third kappa shape index (κ3) is 4.85. The van der Waals surface area contributed by atoms with Crippen LogP contribution in [0.25, 0.3) is 0 Å². The summed E-state index contributed by atoms with van der Waals surface area (Å²) in [5.41, 5.74) is 9.04. The molecule has 6 heteroatoms. The van der Waals surface area contributed by atoms with E-state index in [1.807, 2.05) is 12.1 Å². The molecule has 0 aromatic heterocycles. The highest BCUT2D eigenvalue weighted by atomic mass is 32.1. The molecular weight excluding hydrogens is 289 g/mol. The van der Waals surface area contributed by atoms with Crippen molar-refractivity contribution in [2.45, 2.75) is 6.61 Å². The number of nitrogens with one attached hydrogen (secondary N) is 1. The number of ether oxygens (including phenoxy) is 1. The molecule has 2 rings (SSSR count). The maximum atomic E-state index is 13.5. The van der Waals surface area contributed by atoms with Crippen LogP contribution in [0.15, 0.2) is 53.6 Å². The lowest BCUT2D eigenvalue weighted by atomic mass is 10.2. The minimum atomic E-state index is -0.282. The van der Waals surface area contributed by atoms with Gasteiger partial charge in [-0.3, -0.25) is 5.43 Å². The van der Waals surface area contributed by atoms with Gasteiger partial charge in [-0.2, -0.15) is 5.10 Å². The second-order valence-electron chi connectivity index (χ2n) is 4.19. The third-order valence-electron chi connectivity index (χ3n) is 2.60. The summed E-state index contributed by atoms with van der Waals surface area (Å²) in [6.07, 6.45) is 1.56. The van der Waals surface area contributed by atoms with E-state index in [0.29, 0.717) is 11.3 Å². The molecule has 0 heterocycles. The van der Waals surface area contributed by atoms with E-state index in [1.54, 1.807) is 36.5 Å². The first-order chi connectivity index (χ1) is 10.1. The van der Waals surface area contributed by atoms with Gasteiger partial charge in [0.2, 0.25) is 0 Å². The van der Waals surface area contributed by atoms with E-state index in [1.165, 1.54) is 6.07 Å². The van der Waals surface area contributed by atoms with Crippen molar-refractivity contribution >= 4 is 23.5 Å². The first kappa shape index (κ1) is 14.9. The predicted molar refractivity (Wildman–Crippen MR) is 84.7 cm³/mol. The van der Waals surface area contributed by atoms with Gasteiger partial charge < -0.3 is 10.5 Å². The Kier molecular flexibility index (Phi) is 5.22. The summed E-state index contributed by atoms with van der Waals surface area (Å²) in [5, 5.41) is 3.95. The average Bonchev–Trinajstić information content (AvgIpc) is 2.46. The lowest BCUT2D eigenvalue weighted by Gasteiger charge is -2.07. The summed E-state index contributed by atoms with van der Waals surface area (Å²) < 4.78 is 19.0. The molecule has 0 bridgehead atoms. The quantitative estimate of drug-likeness (QED) is 0.506. The number of benzene rings is 2. The van der Waals surface area contributed by atoms with Crippen LogP contribution in [0.1, 0.15) is 11.1 Å². The van der Waals surface area contributed by atoms with Crippen LogP contribution >= 0.6 is 12.2 Å². The lowest BCUT2D eigenvalue weighted by Crippen LogP contribution is -2.23. The number of hydrazone groups is 1. The number of nitrogens with zero attached hydrogens (tertiary/aromatic N) is 1. The van der Waals surface area contributed by atoms with E-state index < -0.39 is 0 Å². The second-order valence-corrected chi connectivity index (χ2v) is 4.63. The maximum absolute atomic E-state index is 13.5. The molecule has 0 fully saturated rings. The summed E-state index contributed by atoms with van der Waals surface area (Å²) in [5.74, 6) is 0.341. The van der Waals surface area contributed by atoms with Crippen molar-refractivity contribution in [2.24, 2.45) is 10.8 Å². The fourth-order valence-corrected chi connectivity index (χ4v) is 1.68. The molecule has 4 nitrogen and oxygen atoms in total. The fraction of sp³-hybridized carbons (Fsp3) is 0.0667. The van der Waals surface area contributed by atoms with Crippen molar-refractivity contribution in [1.29, 1.82) is 0 Å². The third-order valence-corrected chi connectivity index (χ3v) is 2.69. The molecule has 0 amide bonds. The second kappa shape index (κ2) is 7.35. The Balaban J connectivity index is 1.99. The summed E-state index contributed by atoms with van der Waals surface area (Å²) >= 11 is 4.64. The van der Waals surface area contributed by atoms with Gasteiger partial charge in [0.1, 0.15) is 18.2 Å². The number of nitrogens with two attached hydrogens (primary N) is 1. The molecule has 0 radical (unpaired) electrons. The minimum absolute atomic E-state index is 0.0956. The molecule has 2 aromatic carbocycles. The normalized spacial score (nSPS) is 10.5. The van der Waals surface area contributed by atoms with Crippen LogP contribution in [-0.2, 0) is 6.61 Å². The Hall–Kier alpha value is -2.47. The Morgan fingerprint density at radius 3 is 2.86 bits per heavy atom. The highest BCUT2D eigenvalue weighted by Gasteiger charge is 2.02. The van der Waals surface area contributed by atoms with Crippen molar-refractivity contribution < 1.29 is 9.13 Å². The molecule has 0 saturated carbocycles. The molecule has 0 aliphatic carbocycles. The van der Waals surface area contributed by atoms with Crippen molar-refractivity contribution in [1.82, 2.24) is 5.43 Å². The van der Waals surface area contributed by atoms with Crippen molar-refractivity contribution in [2.75, 3.05) is 0 Å². The number of halogens is 1. The number of thiocarbonyl (C=S) groups is 1. The van der Waals surface area contributed by atoms with Crippen LogP contribution < -0.4 is 15.9 Å². The fourth-order valence-electron chi connectivity index (χ4n) is 1.63. The SMILES string of the molecule is NC(=S)N/N=C/c1cccc(OCc2ccccc2F)c1. The van der Waals surface area contributed by atoms with Gasteiger partial charge in [0.15, 0.2) is 5.11 Å². The van der Waals surface area contributed by atoms with Gasteiger partial charge in [0, 0.05) is 5.56 Å². The number of rotatable bonds is 5. The Bertz CT molecular complexity index is 661. The van der Waals surface area contributed by atoms with E-state index in [2.05, 4.69) is 22.7 Å². The van der Waals surface area contributed by atoms with E-state index in [9.17, 15) is 4.39 Å². The highest BCUT2D eigenvalue weighted by molar-refractivity contribution is 7.80. The van der Waals surface area contributed by atoms with Gasteiger partial charge in [-0.15, -0.1) is 0 Å². The molecule has 2 aromatic rings. The molecule has 0 atom stereocenters. The zero-order valence-electron chi connectivity index (χ0n) is 11.1. The van der Waals surface area contributed by atoms with Crippen molar-refractivity contribution in [3.8, 4) is 5.75 Å². The molecule has 0 spiro atoms. The van der Waals surface area contributed by atoms with Crippen LogP contribution in [0.3, 0.4) is 0 Å². The Morgan fingerprint density at radius 2 is 2.10 bits per heavy atom. The number of hydrogen-bond acceptors (Lipinski definition) is 3. The first-order valence-corrected chi connectivity index (χ1v) is 6.61. The molecule has 0 aliphatic heterocycles. The van der Waals surface area contributed by atoms with Gasteiger partial charge in [0.05, 0.1) is 6.21 Å². The van der Waals surface area contributed by atoms with Crippen LogP contribution in [0.2, 0.25) is 0 Å². The van der Waals surface area contributed by atoms with Crippen LogP contribution in [0.5, 0.6) is 5.75 Å². The minimum Gasteiger partial charge on any atom is -0.489 e. The highest BCUT2D eigenvalue weighted by Crippen LogP contribution is 2.15. The van der Waals surface area contributed by atoms with E-state index >= 15 is 0 Å². The molecule has 108 valence electrons. The number of hydrogen-bond donors (Lipinski definition) is 2. The zero-order chi connectivity index (χ0) is 15.1. The van der Waals surface area contributed by atoms with Gasteiger partial charge in [0.25, 0.3) is 0 Å². The predicted octanol–water partition coefficient (Wildman–Crippen LogP) is 2.57. The van der Waals surface area contributed by atoms with Crippen LogP contribution in [0, 0.1) is 5.82 Å². The topological polar surface area (TPSA) is 59.6 Å². The van der Waals surface area contributed by atoms with E-state index in [0.717, 1.165) is 5.56 Å².